The summed E-state index contributed by atoms with van der Waals surface area (Å²) in [6.45, 7) is 6.69. The van der Waals surface area contributed by atoms with E-state index in [0.717, 1.165) is 31.6 Å². The number of epoxide rings is 1. The van der Waals surface area contributed by atoms with E-state index < -0.39 is 5.60 Å². The van der Waals surface area contributed by atoms with E-state index in [2.05, 4.69) is 13.8 Å². The van der Waals surface area contributed by atoms with Crippen LogP contribution in [-0.2, 0) is 14.3 Å². The highest BCUT2D eigenvalue weighted by Gasteiger charge is 2.73. The van der Waals surface area contributed by atoms with Gasteiger partial charge >= 0.3 is 5.97 Å². The lowest BCUT2D eigenvalue weighted by atomic mass is 9.83. The third kappa shape index (κ3) is 2.54. The van der Waals surface area contributed by atoms with E-state index in [1.54, 1.807) is 0 Å². The summed E-state index contributed by atoms with van der Waals surface area (Å²) in [7, 11) is 0. The van der Waals surface area contributed by atoms with Crippen molar-refractivity contribution in [3.8, 4) is 0 Å². The summed E-state index contributed by atoms with van der Waals surface area (Å²) in [5.41, 5.74) is -0.806. The Morgan fingerprint density at radius 2 is 2.05 bits per heavy atom. The highest BCUT2D eigenvalue weighted by Crippen LogP contribution is 2.59. The number of hydrogen-bond acceptors (Lipinski definition) is 3. The summed E-state index contributed by atoms with van der Waals surface area (Å²) in [6, 6.07) is 0. The molecule has 0 amide bonds. The van der Waals surface area contributed by atoms with Crippen molar-refractivity contribution in [2.45, 2.75) is 83.3 Å². The molecular weight excluding hydrogens is 240 g/mol. The zero-order chi connectivity index (χ0) is 13.9. The van der Waals surface area contributed by atoms with E-state index in [0.29, 0.717) is 6.61 Å². The Hall–Kier alpha value is -0.570. The molecule has 0 aromatic heterocycles. The van der Waals surface area contributed by atoms with Crippen LogP contribution in [0.2, 0.25) is 0 Å². The fraction of sp³-hybridized carbons (Fsp3) is 0.938. The van der Waals surface area contributed by atoms with Crippen LogP contribution in [0, 0.1) is 5.92 Å². The molecule has 0 radical (unpaired) electrons. The van der Waals surface area contributed by atoms with Crippen molar-refractivity contribution < 1.29 is 14.3 Å². The smallest absolute Gasteiger partial charge is 0.341 e. The van der Waals surface area contributed by atoms with Crippen LogP contribution >= 0.6 is 0 Å². The molecule has 19 heavy (non-hydrogen) atoms. The molecular formula is C16H28O3. The van der Waals surface area contributed by atoms with Gasteiger partial charge in [-0.25, -0.2) is 4.79 Å². The molecule has 110 valence electrons. The van der Waals surface area contributed by atoms with Crippen LogP contribution in [-0.4, -0.2) is 23.8 Å². The van der Waals surface area contributed by atoms with Gasteiger partial charge in [-0.2, -0.15) is 0 Å². The molecule has 2 aliphatic rings. The molecule has 1 aliphatic carbocycles. The number of esters is 1. The van der Waals surface area contributed by atoms with Crippen molar-refractivity contribution in [1.82, 2.24) is 0 Å². The molecule has 3 atom stereocenters. The molecule has 0 aromatic carbocycles. The first-order valence-corrected chi connectivity index (χ1v) is 8.01. The molecule has 1 aliphatic heterocycles. The van der Waals surface area contributed by atoms with Gasteiger partial charge in [-0.3, -0.25) is 0 Å². The van der Waals surface area contributed by atoms with Crippen molar-refractivity contribution in [3.63, 3.8) is 0 Å². The predicted molar refractivity (Wildman–Crippen MR) is 75.0 cm³/mol. The molecule has 1 saturated carbocycles. The first kappa shape index (κ1) is 14.8. The summed E-state index contributed by atoms with van der Waals surface area (Å²) >= 11 is 0. The van der Waals surface area contributed by atoms with E-state index in [-0.39, 0.29) is 11.6 Å². The van der Waals surface area contributed by atoms with Gasteiger partial charge in [0, 0.05) is 0 Å². The molecule has 1 saturated heterocycles. The number of hydrogen-bond donors (Lipinski definition) is 0. The molecule has 3 unspecified atom stereocenters. The van der Waals surface area contributed by atoms with Crippen LogP contribution in [0.25, 0.3) is 0 Å². The molecule has 3 nitrogen and oxygen atoms in total. The van der Waals surface area contributed by atoms with Gasteiger partial charge in [0.05, 0.1) is 6.61 Å². The Labute approximate surface area is 117 Å². The lowest BCUT2D eigenvalue weighted by Crippen LogP contribution is -2.35. The predicted octanol–water partition coefficient (Wildman–Crippen LogP) is 3.85. The lowest BCUT2D eigenvalue weighted by Gasteiger charge is -2.17. The molecule has 1 heterocycles. The third-order valence-corrected chi connectivity index (χ3v) is 5.00. The summed E-state index contributed by atoms with van der Waals surface area (Å²) in [4.78, 5) is 12.3. The zero-order valence-electron chi connectivity index (χ0n) is 12.7. The first-order valence-electron chi connectivity index (χ1n) is 8.01. The minimum atomic E-state index is -0.611. The zero-order valence-corrected chi connectivity index (χ0v) is 12.7. The Morgan fingerprint density at radius 3 is 2.68 bits per heavy atom. The SMILES string of the molecule is CCCC1(C(=O)OCC)OC12CCCC(CC)CC2. The molecule has 0 aromatic rings. The maximum absolute atomic E-state index is 12.3. The van der Waals surface area contributed by atoms with E-state index >= 15 is 0 Å². The van der Waals surface area contributed by atoms with Crippen molar-refractivity contribution in [3.05, 3.63) is 0 Å². The molecule has 1 spiro atoms. The largest absolute Gasteiger partial charge is 0.464 e. The van der Waals surface area contributed by atoms with Crippen molar-refractivity contribution >= 4 is 5.97 Å². The normalized spacial score (nSPS) is 37.9. The van der Waals surface area contributed by atoms with E-state index in [1.165, 1.54) is 25.7 Å². The monoisotopic (exact) mass is 268 g/mol. The average molecular weight is 268 g/mol. The Balaban J connectivity index is 2.09. The van der Waals surface area contributed by atoms with Crippen LogP contribution in [0.1, 0.15) is 72.1 Å². The number of rotatable bonds is 5. The lowest BCUT2D eigenvalue weighted by molar-refractivity contribution is -0.149. The Morgan fingerprint density at radius 1 is 1.26 bits per heavy atom. The second-order valence-corrected chi connectivity index (χ2v) is 6.10. The summed E-state index contributed by atoms with van der Waals surface area (Å²) in [5, 5.41) is 0. The van der Waals surface area contributed by atoms with Gasteiger partial charge in [0.1, 0.15) is 5.60 Å². The number of carbonyl (C=O) groups excluding carboxylic acids is 1. The second-order valence-electron chi connectivity index (χ2n) is 6.10. The topological polar surface area (TPSA) is 38.8 Å². The molecule has 0 N–H and O–H groups in total. The van der Waals surface area contributed by atoms with Gasteiger partial charge < -0.3 is 9.47 Å². The van der Waals surface area contributed by atoms with Crippen molar-refractivity contribution in [2.24, 2.45) is 5.92 Å². The molecule has 0 bridgehead atoms. The highest BCUT2D eigenvalue weighted by molar-refractivity contribution is 5.85. The maximum atomic E-state index is 12.3. The van der Waals surface area contributed by atoms with E-state index in [9.17, 15) is 4.79 Å². The van der Waals surface area contributed by atoms with Gasteiger partial charge in [0.2, 0.25) is 0 Å². The summed E-state index contributed by atoms with van der Waals surface area (Å²) in [6.07, 6.45) is 8.75. The van der Waals surface area contributed by atoms with Crippen LogP contribution in [0.4, 0.5) is 0 Å². The highest BCUT2D eigenvalue weighted by atomic mass is 16.7. The number of ether oxygens (including phenoxy) is 2. The van der Waals surface area contributed by atoms with E-state index in [1.807, 2.05) is 6.92 Å². The minimum absolute atomic E-state index is 0.119. The first-order chi connectivity index (χ1) is 9.14. The van der Waals surface area contributed by atoms with Crippen molar-refractivity contribution in [1.29, 1.82) is 0 Å². The van der Waals surface area contributed by atoms with Gasteiger partial charge in [-0.05, 0) is 38.5 Å². The maximum Gasteiger partial charge on any atom is 0.341 e. The Bertz CT molecular complexity index is 328. The summed E-state index contributed by atoms with van der Waals surface area (Å²) in [5.74, 6) is 0.692. The fourth-order valence-electron chi connectivity index (χ4n) is 3.81. The third-order valence-electron chi connectivity index (χ3n) is 5.00. The molecule has 2 fully saturated rings. The summed E-state index contributed by atoms with van der Waals surface area (Å²) < 4.78 is 11.4. The van der Waals surface area contributed by atoms with E-state index in [4.69, 9.17) is 9.47 Å². The standard InChI is InChI=1S/C16H28O3/c1-4-10-16(14(17)18-6-3)15(19-16)11-7-8-13(5-2)9-12-15/h13H,4-12H2,1-3H3. The van der Waals surface area contributed by atoms with Crippen molar-refractivity contribution in [2.75, 3.05) is 6.61 Å². The number of carbonyl (C=O) groups is 1. The van der Waals surface area contributed by atoms with Gasteiger partial charge in [0.15, 0.2) is 5.60 Å². The van der Waals surface area contributed by atoms with Gasteiger partial charge in [-0.15, -0.1) is 0 Å². The van der Waals surface area contributed by atoms with Crippen LogP contribution < -0.4 is 0 Å². The molecule has 2 rings (SSSR count). The van der Waals surface area contributed by atoms with Gasteiger partial charge in [-0.1, -0.05) is 39.5 Å². The minimum Gasteiger partial charge on any atom is -0.464 e. The van der Waals surface area contributed by atoms with Crippen LogP contribution in [0.5, 0.6) is 0 Å². The quantitative estimate of drug-likeness (QED) is 0.561. The Kier molecular flexibility index (Phi) is 4.54. The van der Waals surface area contributed by atoms with Crippen LogP contribution in [0.15, 0.2) is 0 Å². The second kappa shape index (κ2) is 5.82. The molecule has 3 heteroatoms. The van der Waals surface area contributed by atoms with Gasteiger partial charge in [0.25, 0.3) is 0 Å². The van der Waals surface area contributed by atoms with Crippen LogP contribution in [0.3, 0.4) is 0 Å². The average Bonchev–Trinajstić information content (AvgIpc) is 3.09. The fourth-order valence-corrected chi connectivity index (χ4v) is 3.81.